The maximum atomic E-state index is 9.11. The van der Waals surface area contributed by atoms with E-state index in [1.807, 2.05) is 0 Å². The molecule has 0 rings (SSSR count). The Labute approximate surface area is 284 Å². The van der Waals surface area contributed by atoms with Gasteiger partial charge in [0.2, 0.25) is 0 Å². The van der Waals surface area contributed by atoms with E-state index in [1.165, 1.54) is 0 Å². The van der Waals surface area contributed by atoms with Crippen molar-refractivity contribution in [3.05, 3.63) is 0 Å². The van der Waals surface area contributed by atoms with Gasteiger partial charge in [-0.25, -0.2) is 0 Å². The predicted molar refractivity (Wildman–Crippen MR) is 21.2 cm³/mol. The Morgan fingerprint density at radius 2 is 0.312 bits per heavy atom. The first-order valence-corrected chi connectivity index (χ1v) is 16.0. The van der Waals surface area contributed by atoms with Gasteiger partial charge in [-0.1, -0.05) is 0 Å². The Balaban J connectivity index is -0.0000000461. The first kappa shape index (κ1) is 53.2. The molecule has 0 aromatic heterocycles. The van der Waals surface area contributed by atoms with Crippen molar-refractivity contribution in [1.82, 2.24) is 0 Å². The minimum absolute atomic E-state index is 0.1000. The van der Waals surface area contributed by atoms with Crippen LogP contribution in [0.2, 0.25) is 0 Å². The quantitative estimate of drug-likeness (QED) is 0.185. The van der Waals surface area contributed by atoms with Gasteiger partial charge in [0.1, 0.15) is 0 Å². The molecule has 0 aliphatic rings. The first-order valence-electron chi connectivity index (χ1n) is 3.75. The second-order valence-corrected chi connectivity index (χ2v) is 8.12. The first-order chi connectivity index (χ1) is 15.5. The van der Waals surface area contributed by atoms with E-state index in [0.717, 1.165) is 0 Å². The summed E-state index contributed by atoms with van der Waals surface area (Å²) in [5.74, 6) is 0. The van der Waals surface area contributed by atoms with Crippen molar-refractivity contribution in [2.24, 2.45) is 0 Å². The molecule has 0 aromatic carbocycles. The summed E-state index contributed by atoms with van der Waals surface area (Å²) in [4.78, 5) is 0. The normalized spacial score (nSPS) is 7.69. The van der Waals surface area contributed by atoms with E-state index in [4.69, 9.17) is 46.5 Å². The monoisotopic (exact) mass is 1060 g/mol. The number of rotatable bonds is 12. The number of hydrogen-bond acceptors (Lipinski definition) is 19. The second-order valence-electron chi connectivity index (χ2n) is 1.01. The maximum absolute atomic E-state index is 9.11. The van der Waals surface area contributed by atoms with E-state index in [0.29, 0.717) is 0 Å². The molecule has 0 aromatic rings. The van der Waals surface area contributed by atoms with E-state index >= 15 is 0 Å². The standard InChI is InChI=1S/12Fe.19O.Sr. The molecule has 0 bridgehead atoms. The van der Waals surface area contributed by atoms with Crippen molar-refractivity contribution >= 4 is 43.4 Å². The van der Waals surface area contributed by atoms with Crippen LogP contribution in [-0.4, -0.2) is 43.4 Å². The van der Waals surface area contributed by atoms with Crippen molar-refractivity contribution in [3.63, 3.8) is 0 Å². The zero-order valence-electron chi connectivity index (χ0n) is 12.7. The minimum atomic E-state index is -0.719. The van der Waals surface area contributed by atoms with E-state index in [1.54, 1.807) is 0 Å². The Hall–Kier alpha value is 4.87. The van der Waals surface area contributed by atoms with Crippen LogP contribution in [0.25, 0.3) is 0 Å². The SMILES string of the molecule is [O]=[Fe][O][Fe]=[O].[O]=[Fe][O][Fe]=[O].[O]=[Fe][O][Fe]=[O].[O]=[Fe][O][Fe]=[O].[O]=[Fe][O][Fe]=[O].[O]=[Fe][O][Fe]=[O].[O]=[Sr]. The molecule has 0 radical (unpaired) electrons. The summed E-state index contributed by atoms with van der Waals surface area (Å²) in [7, 11) is 0. The van der Waals surface area contributed by atoms with Crippen LogP contribution in [0.4, 0.5) is 0 Å². The molecule has 0 aliphatic heterocycles. The summed E-state index contributed by atoms with van der Waals surface area (Å²) in [5, 5.41) is 0. The molecule has 32 heteroatoms. The third kappa shape index (κ3) is 141. The molecule has 0 N–H and O–H groups in total. The van der Waals surface area contributed by atoms with Gasteiger partial charge in [0.05, 0.1) is 0 Å². The van der Waals surface area contributed by atoms with E-state index < -0.39 is 183 Å². The molecule has 0 fully saturated rings. The van der Waals surface area contributed by atoms with Gasteiger partial charge in [-0.2, -0.15) is 0 Å². The Morgan fingerprint density at radius 3 is 0.312 bits per heavy atom. The summed E-state index contributed by atoms with van der Waals surface area (Å²) < 4.78 is 140. The van der Waals surface area contributed by atoms with Crippen LogP contribution in [-0.2, 0) is 247 Å². The fourth-order valence-electron chi connectivity index (χ4n) is 0.0510. The Bertz CT molecular complexity index is 334. The van der Waals surface area contributed by atoms with Gasteiger partial charge in [-0.3, -0.25) is 0 Å². The molecular weight excluding hydrogens is 1060 g/mol. The van der Waals surface area contributed by atoms with Gasteiger partial charge in [-0.05, 0) is 0 Å². The third-order valence-electron chi connectivity index (χ3n) is 0.250. The van der Waals surface area contributed by atoms with E-state index in [2.05, 4.69) is 17.4 Å². The summed E-state index contributed by atoms with van der Waals surface area (Å²) in [6.07, 6.45) is 0. The van der Waals surface area contributed by atoms with Crippen LogP contribution in [0.15, 0.2) is 0 Å². The summed E-state index contributed by atoms with van der Waals surface area (Å²) >= 11 is -8.72. The van der Waals surface area contributed by atoms with Crippen LogP contribution in [0.3, 0.4) is 0 Å². The predicted octanol–water partition coefficient (Wildman–Crippen LogP) is -2.37. The van der Waals surface area contributed by atoms with Crippen LogP contribution in [0.5, 0.6) is 0 Å². The van der Waals surface area contributed by atoms with Crippen LogP contribution >= 0.6 is 0 Å². The third-order valence-corrected chi connectivity index (χ3v) is 4.25. The van der Waals surface area contributed by atoms with Gasteiger partial charge >= 0.3 is 290 Å². The molecule has 0 aliphatic carbocycles. The van der Waals surface area contributed by atoms with Crippen molar-refractivity contribution in [3.8, 4) is 0 Å². The fraction of sp³-hybridized carbons (Fsp3) is 0. The molecule has 0 heterocycles. The Morgan fingerprint density at radius 1 is 0.250 bits per heavy atom. The van der Waals surface area contributed by atoms with Crippen LogP contribution < -0.4 is 0 Å². The molecule has 19 nitrogen and oxygen atoms in total. The van der Waals surface area contributed by atoms with Gasteiger partial charge in [0.15, 0.2) is 0 Å². The van der Waals surface area contributed by atoms with Gasteiger partial charge in [0, 0.05) is 0 Å². The van der Waals surface area contributed by atoms with Gasteiger partial charge in [-0.15, -0.1) is 0 Å². The summed E-state index contributed by atoms with van der Waals surface area (Å²) in [6, 6.07) is 0. The number of hydrogen-bond donors (Lipinski definition) is 0. The molecule has 0 saturated heterocycles. The average molecular weight is 1060 g/mol. The average Bonchev–Trinajstić information content (AvgIpc) is 2.81. The molecule has 0 atom stereocenters. The molecule has 0 unspecified atom stereocenters. The van der Waals surface area contributed by atoms with Crippen molar-refractivity contribution in [2.45, 2.75) is 0 Å². The van der Waals surface area contributed by atoms with E-state index in [-0.39, 0.29) is 43.4 Å². The van der Waals surface area contributed by atoms with Gasteiger partial charge < -0.3 is 0 Å². The molecule has 0 saturated carbocycles. The van der Waals surface area contributed by atoms with Crippen LogP contribution in [0.1, 0.15) is 0 Å². The topological polar surface area (TPSA) is 277 Å². The zero-order chi connectivity index (χ0) is 26.7. The molecule has 0 amide bonds. The van der Waals surface area contributed by atoms with Crippen LogP contribution in [0, 0.1) is 0 Å². The molecule has 0 spiro atoms. The molecule has 212 valence electrons. The fourth-order valence-corrected chi connectivity index (χ4v) is 0.868. The molecule has 32 heavy (non-hydrogen) atoms. The molecular formula is Fe12O19Sr. The summed E-state index contributed by atoms with van der Waals surface area (Å²) in [6.45, 7) is 0. The van der Waals surface area contributed by atoms with E-state index in [9.17, 15) is 0 Å². The van der Waals surface area contributed by atoms with Gasteiger partial charge in [0.25, 0.3) is 0 Å². The van der Waals surface area contributed by atoms with Crippen molar-refractivity contribution < 1.29 is 247 Å². The van der Waals surface area contributed by atoms with Crippen molar-refractivity contribution in [1.29, 1.82) is 0 Å². The Kier molecular flexibility index (Phi) is 139. The van der Waals surface area contributed by atoms with Crippen molar-refractivity contribution in [2.75, 3.05) is 0 Å². The second kappa shape index (κ2) is 83.4. The zero-order valence-corrected chi connectivity index (χ0v) is 29.4. The summed E-state index contributed by atoms with van der Waals surface area (Å²) in [5.41, 5.74) is 0.